The lowest BCUT2D eigenvalue weighted by atomic mass is 10.1. The second-order valence-electron chi connectivity index (χ2n) is 5.78. The number of carbonyl (C=O) groups excluding carboxylic acids is 2. The van der Waals surface area contributed by atoms with E-state index in [4.69, 9.17) is 16.3 Å². The first-order chi connectivity index (χ1) is 13.6. The van der Waals surface area contributed by atoms with Crippen molar-refractivity contribution in [2.75, 3.05) is 17.2 Å². The standard InChI is InChI=1S/C21H18ClN3O3/c1-2-28-21(27)17-5-3-4-6-18(17)25-19-12-7-14(13-23-19)20(26)24-16-10-8-15(22)9-11-16/h3-13H,2H2,1H3,(H,23,25)(H,24,26). The number of halogens is 1. The van der Waals surface area contributed by atoms with Gasteiger partial charge >= 0.3 is 5.97 Å². The number of nitrogens with zero attached hydrogens (tertiary/aromatic N) is 1. The number of amides is 1. The summed E-state index contributed by atoms with van der Waals surface area (Å²) in [6.07, 6.45) is 1.46. The van der Waals surface area contributed by atoms with Crippen LogP contribution in [0.15, 0.2) is 66.9 Å². The fourth-order valence-electron chi connectivity index (χ4n) is 2.46. The van der Waals surface area contributed by atoms with Gasteiger partial charge in [-0.15, -0.1) is 0 Å². The van der Waals surface area contributed by atoms with E-state index in [-0.39, 0.29) is 5.91 Å². The molecule has 1 aromatic heterocycles. The minimum Gasteiger partial charge on any atom is -0.462 e. The number of esters is 1. The molecule has 0 bridgehead atoms. The van der Waals surface area contributed by atoms with Crippen molar-refractivity contribution in [1.29, 1.82) is 0 Å². The molecule has 3 aromatic rings. The third-order valence-electron chi connectivity index (χ3n) is 3.81. The second kappa shape index (κ2) is 9.01. The Morgan fingerprint density at radius 2 is 1.79 bits per heavy atom. The summed E-state index contributed by atoms with van der Waals surface area (Å²) in [5.41, 5.74) is 2.03. The van der Waals surface area contributed by atoms with Gasteiger partial charge in [0, 0.05) is 16.9 Å². The van der Waals surface area contributed by atoms with Crippen LogP contribution in [0.4, 0.5) is 17.2 Å². The van der Waals surface area contributed by atoms with Gasteiger partial charge in [-0.1, -0.05) is 23.7 Å². The number of benzene rings is 2. The summed E-state index contributed by atoms with van der Waals surface area (Å²) in [5.74, 6) is -0.197. The highest BCUT2D eigenvalue weighted by molar-refractivity contribution is 6.30. The molecular weight excluding hydrogens is 378 g/mol. The Hall–Kier alpha value is -3.38. The molecule has 0 atom stereocenters. The van der Waals surface area contributed by atoms with Gasteiger partial charge in [-0.05, 0) is 55.5 Å². The summed E-state index contributed by atoms with van der Waals surface area (Å²) in [5, 5.41) is 6.44. The molecule has 28 heavy (non-hydrogen) atoms. The molecular formula is C21H18ClN3O3. The molecule has 1 amide bonds. The molecule has 142 valence electrons. The Morgan fingerprint density at radius 1 is 1.04 bits per heavy atom. The SMILES string of the molecule is CCOC(=O)c1ccccc1Nc1ccc(C(=O)Nc2ccc(Cl)cc2)cn1. The summed E-state index contributed by atoms with van der Waals surface area (Å²) >= 11 is 5.84. The molecule has 0 unspecified atom stereocenters. The lowest BCUT2D eigenvalue weighted by Crippen LogP contribution is -2.12. The van der Waals surface area contributed by atoms with Crippen LogP contribution in [-0.4, -0.2) is 23.5 Å². The number of carbonyl (C=O) groups is 2. The first-order valence-electron chi connectivity index (χ1n) is 8.63. The van der Waals surface area contributed by atoms with E-state index in [0.717, 1.165) is 0 Å². The van der Waals surface area contributed by atoms with Crippen LogP contribution in [-0.2, 0) is 4.74 Å². The zero-order valence-electron chi connectivity index (χ0n) is 15.1. The Kier molecular flexibility index (Phi) is 6.24. The Morgan fingerprint density at radius 3 is 2.46 bits per heavy atom. The first kappa shape index (κ1) is 19.4. The van der Waals surface area contributed by atoms with Crippen molar-refractivity contribution >= 4 is 40.7 Å². The van der Waals surface area contributed by atoms with Gasteiger partial charge in [-0.25, -0.2) is 9.78 Å². The Labute approximate surface area is 167 Å². The highest BCUT2D eigenvalue weighted by atomic mass is 35.5. The van der Waals surface area contributed by atoms with Gasteiger partial charge in [0.15, 0.2) is 0 Å². The van der Waals surface area contributed by atoms with Gasteiger partial charge in [0.05, 0.1) is 23.4 Å². The van der Waals surface area contributed by atoms with Crippen molar-refractivity contribution in [1.82, 2.24) is 4.98 Å². The average Bonchev–Trinajstić information content (AvgIpc) is 2.71. The molecule has 7 heteroatoms. The predicted octanol–water partition coefficient (Wildman–Crippen LogP) is 4.91. The zero-order valence-corrected chi connectivity index (χ0v) is 15.9. The van der Waals surface area contributed by atoms with E-state index < -0.39 is 5.97 Å². The molecule has 2 N–H and O–H groups in total. The molecule has 1 heterocycles. The third kappa shape index (κ3) is 4.86. The van der Waals surface area contributed by atoms with Gasteiger partial charge in [0.25, 0.3) is 5.91 Å². The van der Waals surface area contributed by atoms with E-state index >= 15 is 0 Å². The minimum absolute atomic E-state index is 0.284. The molecule has 3 rings (SSSR count). The van der Waals surface area contributed by atoms with Gasteiger partial charge in [-0.2, -0.15) is 0 Å². The zero-order chi connectivity index (χ0) is 19.9. The largest absolute Gasteiger partial charge is 0.462 e. The molecule has 0 fully saturated rings. The van der Waals surface area contributed by atoms with Crippen LogP contribution in [0.25, 0.3) is 0 Å². The fraction of sp³-hybridized carbons (Fsp3) is 0.0952. The molecule has 0 aliphatic rings. The number of rotatable bonds is 6. The summed E-state index contributed by atoms with van der Waals surface area (Å²) in [6.45, 7) is 2.05. The van der Waals surface area contributed by atoms with Crippen LogP contribution in [0.2, 0.25) is 5.02 Å². The van der Waals surface area contributed by atoms with Crippen LogP contribution < -0.4 is 10.6 Å². The van der Waals surface area contributed by atoms with Crippen molar-refractivity contribution in [3.63, 3.8) is 0 Å². The van der Waals surface area contributed by atoms with Crippen molar-refractivity contribution in [3.05, 3.63) is 83.0 Å². The Bertz CT molecular complexity index is 973. The fourth-order valence-corrected chi connectivity index (χ4v) is 2.58. The number of hydrogen-bond acceptors (Lipinski definition) is 5. The monoisotopic (exact) mass is 395 g/mol. The third-order valence-corrected chi connectivity index (χ3v) is 4.06. The van der Waals surface area contributed by atoms with Crippen molar-refractivity contribution in [3.8, 4) is 0 Å². The van der Waals surface area contributed by atoms with Crippen LogP contribution in [0, 0.1) is 0 Å². The minimum atomic E-state index is -0.412. The molecule has 6 nitrogen and oxygen atoms in total. The molecule has 0 saturated carbocycles. The molecule has 2 aromatic carbocycles. The van der Waals surface area contributed by atoms with Gasteiger partial charge < -0.3 is 15.4 Å². The maximum atomic E-state index is 12.3. The number of para-hydroxylation sites is 1. The predicted molar refractivity (Wildman–Crippen MR) is 109 cm³/mol. The maximum Gasteiger partial charge on any atom is 0.340 e. The van der Waals surface area contributed by atoms with Crippen molar-refractivity contribution < 1.29 is 14.3 Å². The number of aromatic nitrogens is 1. The highest BCUT2D eigenvalue weighted by Crippen LogP contribution is 2.21. The molecule has 0 aliphatic heterocycles. The summed E-state index contributed by atoms with van der Waals surface area (Å²) in [6, 6.07) is 17.1. The normalized spacial score (nSPS) is 10.2. The molecule has 0 saturated heterocycles. The van der Waals surface area contributed by atoms with Crippen LogP contribution >= 0.6 is 11.6 Å². The topological polar surface area (TPSA) is 80.3 Å². The first-order valence-corrected chi connectivity index (χ1v) is 9.00. The van der Waals surface area contributed by atoms with Crippen LogP contribution in [0.3, 0.4) is 0 Å². The van der Waals surface area contributed by atoms with Crippen LogP contribution in [0.5, 0.6) is 0 Å². The molecule has 0 radical (unpaired) electrons. The summed E-state index contributed by atoms with van der Waals surface area (Å²) in [7, 11) is 0. The van der Waals surface area contributed by atoms with E-state index in [2.05, 4.69) is 15.6 Å². The molecule has 0 spiro atoms. The van der Waals surface area contributed by atoms with Gasteiger partial charge in [0.2, 0.25) is 0 Å². The Balaban J connectivity index is 1.70. The quantitative estimate of drug-likeness (QED) is 0.580. The van der Waals surface area contributed by atoms with E-state index in [9.17, 15) is 9.59 Å². The van der Waals surface area contributed by atoms with Crippen molar-refractivity contribution in [2.24, 2.45) is 0 Å². The smallest absolute Gasteiger partial charge is 0.340 e. The number of hydrogen-bond donors (Lipinski definition) is 2. The van der Waals surface area contributed by atoms with Crippen LogP contribution in [0.1, 0.15) is 27.6 Å². The average molecular weight is 396 g/mol. The van der Waals surface area contributed by atoms with E-state index in [1.807, 2.05) is 0 Å². The van der Waals surface area contributed by atoms with Crippen molar-refractivity contribution in [2.45, 2.75) is 6.92 Å². The highest BCUT2D eigenvalue weighted by Gasteiger charge is 2.13. The maximum absolute atomic E-state index is 12.3. The molecule has 0 aliphatic carbocycles. The van der Waals surface area contributed by atoms with Gasteiger partial charge in [-0.3, -0.25) is 4.79 Å². The summed E-state index contributed by atoms with van der Waals surface area (Å²) in [4.78, 5) is 28.6. The number of pyridine rings is 1. The van der Waals surface area contributed by atoms with E-state index in [1.54, 1.807) is 67.6 Å². The van der Waals surface area contributed by atoms with E-state index in [1.165, 1.54) is 6.20 Å². The lowest BCUT2D eigenvalue weighted by molar-refractivity contribution is 0.0527. The summed E-state index contributed by atoms with van der Waals surface area (Å²) < 4.78 is 5.06. The number of ether oxygens (including phenoxy) is 1. The van der Waals surface area contributed by atoms with E-state index in [0.29, 0.717) is 39.9 Å². The number of nitrogens with one attached hydrogen (secondary N) is 2. The number of anilines is 3. The van der Waals surface area contributed by atoms with Gasteiger partial charge in [0.1, 0.15) is 5.82 Å². The lowest BCUT2D eigenvalue weighted by Gasteiger charge is -2.11. The second-order valence-corrected chi connectivity index (χ2v) is 6.22.